The van der Waals surface area contributed by atoms with Gasteiger partial charge in [0.15, 0.2) is 11.5 Å². The molecule has 7 nitrogen and oxygen atoms in total. The lowest BCUT2D eigenvalue weighted by atomic mass is 10.0. The van der Waals surface area contributed by atoms with E-state index in [2.05, 4.69) is 5.32 Å². The van der Waals surface area contributed by atoms with Crippen LogP contribution in [0.2, 0.25) is 0 Å². The Kier molecular flexibility index (Phi) is 5.64. The van der Waals surface area contributed by atoms with Crippen LogP contribution in [0, 0.1) is 19.7 Å². The number of benzene rings is 3. The number of anilines is 1. The summed E-state index contributed by atoms with van der Waals surface area (Å²) < 4.78 is 28.0. The van der Waals surface area contributed by atoms with E-state index in [1.165, 1.54) is 28.9 Å². The molecule has 1 aliphatic rings. The van der Waals surface area contributed by atoms with Crippen molar-refractivity contribution in [1.29, 1.82) is 0 Å². The number of amides is 1. The molecule has 2 heterocycles. The van der Waals surface area contributed by atoms with Crippen molar-refractivity contribution in [1.82, 2.24) is 9.36 Å². The van der Waals surface area contributed by atoms with Crippen molar-refractivity contribution in [2.45, 2.75) is 26.8 Å². The number of para-hydroxylation sites is 1. The first-order chi connectivity index (χ1) is 16.9. The molecule has 0 saturated heterocycles. The number of hydrogen-bond donors (Lipinski definition) is 1. The van der Waals surface area contributed by atoms with Gasteiger partial charge in [0.25, 0.3) is 5.56 Å². The van der Waals surface area contributed by atoms with E-state index in [1.807, 2.05) is 44.2 Å². The molecule has 1 aromatic heterocycles. The van der Waals surface area contributed by atoms with Crippen LogP contribution in [-0.2, 0) is 17.8 Å². The first-order valence-corrected chi connectivity index (χ1v) is 11.2. The minimum absolute atomic E-state index is 0.195. The molecule has 0 bridgehead atoms. The highest BCUT2D eigenvalue weighted by molar-refractivity contribution is 5.90. The summed E-state index contributed by atoms with van der Waals surface area (Å²) in [5.41, 5.74) is 4.08. The molecule has 0 radical (unpaired) electrons. The lowest BCUT2D eigenvalue weighted by Gasteiger charge is -2.21. The standard InChI is InChI=1S/C27H24FN3O4/c1-16-7-12-22(17(2)13-16)31-26(33)21-14-18-5-4-6-23(34-3)25(18)35-27(21)30(31)15-24(32)29-20-10-8-19(28)9-11-20/h4-13H,14-15H2,1-3H3,(H,29,32). The second-order valence-electron chi connectivity index (χ2n) is 8.53. The summed E-state index contributed by atoms with van der Waals surface area (Å²) in [6.07, 6.45) is 0.345. The number of nitrogens with zero attached hydrogens (tertiary/aromatic N) is 2. The molecule has 0 saturated carbocycles. The van der Waals surface area contributed by atoms with E-state index in [1.54, 1.807) is 17.9 Å². The van der Waals surface area contributed by atoms with E-state index < -0.39 is 5.82 Å². The Morgan fingerprint density at radius 1 is 1.11 bits per heavy atom. The maximum Gasteiger partial charge on any atom is 0.278 e. The summed E-state index contributed by atoms with van der Waals surface area (Å²) in [6.45, 7) is 3.70. The third kappa shape index (κ3) is 4.07. The molecule has 35 heavy (non-hydrogen) atoms. The van der Waals surface area contributed by atoms with Crippen molar-refractivity contribution in [2.75, 3.05) is 12.4 Å². The Morgan fingerprint density at radius 2 is 1.89 bits per heavy atom. The largest absolute Gasteiger partial charge is 0.493 e. The molecule has 0 spiro atoms. The van der Waals surface area contributed by atoms with Gasteiger partial charge in [-0.1, -0.05) is 29.8 Å². The SMILES string of the molecule is COc1cccc2c1Oc1c(c(=O)n(-c3ccc(C)cc3C)n1CC(=O)Nc1ccc(F)cc1)C2. The second-order valence-corrected chi connectivity index (χ2v) is 8.53. The number of aryl methyl sites for hydroxylation is 2. The van der Waals surface area contributed by atoms with Crippen molar-refractivity contribution in [2.24, 2.45) is 0 Å². The molecule has 1 aliphatic heterocycles. The molecular weight excluding hydrogens is 449 g/mol. The van der Waals surface area contributed by atoms with Gasteiger partial charge in [-0.2, -0.15) is 0 Å². The molecular formula is C27H24FN3O4. The Hall–Kier alpha value is -4.33. The van der Waals surface area contributed by atoms with Crippen molar-refractivity contribution < 1.29 is 18.7 Å². The number of hydrogen-bond acceptors (Lipinski definition) is 4. The van der Waals surface area contributed by atoms with Gasteiger partial charge in [0, 0.05) is 17.7 Å². The first kappa shape index (κ1) is 22.5. The average molecular weight is 474 g/mol. The van der Waals surface area contributed by atoms with E-state index in [0.29, 0.717) is 40.7 Å². The number of ether oxygens (including phenoxy) is 2. The van der Waals surface area contributed by atoms with Gasteiger partial charge in [-0.15, -0.1) is 0 Å². The van der Waals surface area contributed by atoms with Crippen LogP contribution < -0.4 is 20.3 Å². The topological polar surface area (TPSA) is 74.5 Å². The molecule has 0 atom stereocenters. The van der Waals surface area contributed by atoms with Gasteiger partial charge in [-0.25, -0.2) is 13.8 Å². The summed E-state index contributed by atoms with van der Waals surface area (Å²) >= 11 is 0. The fourth-order valence-corrected chi connectivity index (χ4v) is 4.40. The number of carbonyl (C=O) groups is 1. The molecule has 0 unspecified atom stereocenters. The Balaban J connectivity index is 1.62. The zero-order valence-corrected chi connectivity index (χ0v) is 19.6. The third-order valence-corrected chi connectivity index (χ3v) is 6.03. The molecule has 1 amide bonds. The molecule has 0 aliphatic carbocycles. The van der Waals surface area contributed by atoms with Gasteiger partial charge in [0.05, 0.1) is 18.4 Å². The van der Waals surface area contributed by atoms with Crippen LogP contribution in [0.15, 0.2) is 65.5 Å². The maximum atomic E-state index is 13.7. The van der Waals surface area contributed by atoms with Gasteiger partial charge in [0.2, 0.25) is 11.8 Å². The number of nitrogens with one attached hydrogen (secondary N) is 1. The normalized spacial score (nSPS) is 11.9. The molecule has 4 aromatic rings. The molecule has 5 rings (SSSR count). The van der Waals surface area contributed by atoms with Gasteiger partial charge in [0.1, 0.15) is 12.4 Å². The molecule has 8 heteroatoms. The Morgan fingerprint density at radius 3 is 2.60 bits per heavy atom. The number of aromatic nitrogens is 2. The quantitative estimate of drug-likeness (QED) is 0.400. The lowest BCUT2D eigenvalue weighted by Crippen LogP contribution is -2.28. The number of halogens is 1. The first-order valence-electron chi connectivity index (χ1n) is 11.2. The highest BCUT2D eigenvalue weighted by Crippen LogP contribution is 2.42. The van der Waals surface area contributed by atoms with Crippen LogP contribution in [-0.4, -0.2) is 22.4 Å². The highest BCUT2D eigenvalue weighted by Gasteiger charge is 2.31. The smallest absolute Gasteiger partial charge is 0.278 e. The maximum absolute atomic E-state index is 13.7. The molecule has 1 N–H and O–H groups in total. The van der Waals surface area contributed by atoms with E-state index in [9.17, 15) is 14.0 Å². The number of methoxy groups -OCH3 is 1. The number of rotatable bonds is 5. The van der Waals surface area contributed by atoms with Crippen LogP contribution in [0.3, 0.4) is 0 Å². The average Bonchev–Trinajstić information content (AvgIpc) is 3.09. The Labute approximate surface area is 201 Å². The van der Waals surface area contributed by atoms with Crippen LogP contribution in [0.1, 0.15) is 22.3 Å². The minimum atomic E-state index is -0.396. The summed E-state index contributed by atoms with van der Waals surface area (Å²) in [5.74, 6) is 0.575. The highest BCUT2D eigenvalue weighted by atomic mass is 19.1. The minimum Gasteiger partial charge on any atom is -0.493 e. The third-order valence-electron chi connectivity index (χ3n) is 6.03. The molecule has 178 valence electrons. The van der Waals surface area contributed by atoms with Crippen molar-refractivity contribution in [3.05, 3.63) is 99.1 Å². The van der Waals surface area contributed by atoms with Crippen LogP contribution in [0.5, 0.6) is 17.4 Å². The van der Waals surface area contributed by atoms with Crippen molar-refractivity contribution >= 4 is 11.6 Å². The van der Waals surface area contributed by atoms with E-state index in [-0.39, 0.29) is 18.0 Å². The van der Waals surface area contributed by atoms with Crippen LogP contribution >= 0.6 is 0 Å². The number of carbonyl (C=O) groups excluding carboxylic acids is 1. The summed E-state index contributed by atoms with van der Waals surface area (Å²) in [5, 5.41) is 2.76. The predicted octanol–water partition coefficient (Wildman–Crippen LogP) is 4.74. The fraction of sp³-hybridized carbons (Fsp3) is 0.185. The van der Waals surface area contributed by atoms with Crippen LogP contribution in [0.4, 0.5) is 10.1 Å². The van der Waals surface area contributed by atoms with Crippen molar-refractivity contribution in [3.63, 3.8) is 0 Å². The summed E-state index contributed by atoms with van der Waals surface area (Å²) in [7, 11) is 1.55. The monoisotopic (exact) mass is 473 g/mol. The van der Waals surface area contributed by atoms with Gasteiger partial charge in [-0.05, 0) is 55.8 Å². The van der Waals surface area contributed by atoms with E-state index in [4.69, 9.17) is 9.47 Å². The van der Waals surface area contributed by atoms with Crippen LogP contribution in [0.25, 0.3) is 5.69 Å². The zero-order chi connectivity index (χ0) is 24.7. The second kappa shape index (κ2) is 8.79. The predicted molar refractivity (Wildman–Crippen MR) is 130 cm³/mol. The van der Waals surface area contributed by atoms with E-state index >= 15 is 0 Å². The zero-order valence-electron chi connectivity index (χ0n) is 19.6. The van der Waals surface area contributed by atoms with Crippen molar-refractivity contribution in [3.8, 4) is 23.1 Å². The van der Waals surface area contributed by atoms with E-state index in [0.717, 1.165) is 16.7 Å². The molecule has 3 aromatic carbocycles. The Bertz CT molecular complexity index is 1500. The summed E-state index contributed by atoms with van der Waals surface area (Å²) in [4.78, 5) is 26.7. The number of fused-ring (bicyclic) bond motifs is 2. The molecule has 0 fully saturated rings. The lowest BCUT2D eigenvalue weighted by molar-refractivity contribution is -0.117. The summed E-state index contributed by atoms with van der Waals surface area (Å²) in [6, 6.07) is 16.8. The van der Waals surface area contributed by atoms with Gasteiger partial charge < -0.3 is 14.8 Å². The van der Waals surface area contributed by atoms with Gasteiger partial charge in [-0.3, -0.25) is 9.59 Å². The fourth-order valence-electron chi connectivity index (χ4n) is 4.40. The van der Waals surface area contributed by atoms with Gasteiger partial charge >= 0.3 is 0 Å².